The Morgan fingerprint density at radius 3 is 2.35 bits per heavy atom. The zero-order valence-corrected chi connectivity index (χ0v) is 13.0. The fraction of sp³-hybridized carbons (Fsp3) is 0.222. The van der Waals surface area contributed by atoms with Gasteiger partial charge in [-0.3, -0.25) is 4.79 Å². The lowest BCUT2D eigenvalue weighted by atomic mass is 10.1. The number of hydrogen-bond acceptors (Lipinski definition) is 4. The molecule has 1 atom stereocenters. The normalized spacial score (nSPS) is 11.6. The van der Waals surface area contributed by atoms with Crippen LogP contribution in [-0.2, 0) is 4.79 Å². The molecule has 2 rings (SSSR count). The van der Waals surface area contributed by atoms with Crippen molar-refractivity contribution in [2.24, 2.45) is 0 Å². The number of carboxylic acids is 1. The number of benzene rings is 2. The average molecular weight is 314 g/mol. The van der Waals surface area contributed by atoms with Crippen molar-refractivity contribution in [1.82, 2.24) is 0 Å². The Balaban J connectivity index is 2.22. The number of Topliss-reactive ketones (excluding diaryl/α,β-unsaturated/α-hetero) is 1. The van der Waals surface area contributed by atoms with Crippen LogP contribution in [0.25, 0.3) is 0 Å². The van der Waals surface area contributed by atoms with Crippen molar-refractivity contribution < 1.29 is 24.2 Å². The molecule has 0 aliphatic carbocycles. The Hall–Kier alpha value is -2.82. The highest BCUT2D eigenvalue weighted by atomic mass is 16.5. The molecule has 5 heteroatoms. The summed E-state index contributed by atoms with van der Waals surface area (Å²) in [6.45, 7) is 2.85. The lowest BCUT2D eigenvalue weighted by Gasteiger charge is -2.16. The van der Waals surface area contributed by atoms with Crippen molar-refractivity contribution in [1.29, 1.82) is 0 Å². The van der Waals surface area contributed by atoms with Crippen molar-refractivity contribution in [2.75, 3.05) is 6.61 Å². The minimum Gasteiger partial charge on any atom is -0.486 e. The Morgan fingerprint density at radius 2 is 1.74 bits per heavy atom. The molecule has 1 unspecified atom stereocenters. The van der Waals surface area contributed by atoms with Crippen LogP contribution >= 0.6 is 0 Å². The second-order valence-electron chi connectivity index (χ2n) is 5.10. The monoisotopic (exact) mass is 314 g/mol. The second kappa shape index (κ2) is 7.45. The second-order valence-corrected chi connectivity index (χ2v) is 5.10. The SMILES string of the molecule is CC(=O)c1cc(OCC(=O)O)cc(OC(C)c2ccccc2)c1. The molecule has 0 saturated heterocycles. The third kappa shape index (κ3) is 4.85. The molecule has 2 aromatic rings. The van der Waals surface area contributed by atoms with E-state index in [1.165, 1.54) is 13.0 Å². The van der Waals surface area contributed by atoms with Gasteiger partial charge in [-0.25, -0.2) is 4.79 Å². The molecular formula is C18H18O5. The van der Waals surface area contributed by atoms with Crippen LogP contribution in [0.5, 0.6) is 11.5 Å². The first-order valence-corrected chi connectivity index (χ1v) is 7.18. The van der Waals surface area contributed by atoms with Gasteiger partial charge < -0.3 is 14.6 Å². The van der Waals surface area contributed by atoms with E-state index in [0.717, 1.165) is 5.56 Å². The number of carbonyl (C=O) groups is 2. The summed E-state index contributed by atoms with van der Waals surface area (Å²) >= 11 is 0. The topological polar surface area (TPSA) is 72.8 Å². The molecule has 23 heavy (non-hydrogen) atoms. The molecule has 0 spiro atoms. The predicted molar refractivity (Wildman–Crippen MR) is 85.1 cm³/mol. The van der Waals surface area contributed by atoms with Gasteiger partial charge in [0, 0.05) is 11.6 Å². The summed E-state index contributed by atoms with van der Waals surface area (Å²) in [7, 11) is 0. The molecule has 5 nitrogen and oxygen atoms in total. The number of aliphatic carboxylic acids is 1. The van der Waals surface area contributed by atoms with E-state index in [-0.39, 0.29) is 17.6 Å². The van der Waals surface area contributed by atoms with Crippen LogP contribution < -0.4 is 9.47 Å². The van der Waals surface area contributed by atoms with Crippen LogP contribution in [0.2, 0.25) is 0 Å². The van der Waals surface area contributed by atoms with Crippen LogP contribution in [0.15, 0.2) is 48.5 Å². The quantitative estimate of drug-likeness (QED) is 0.792. The van der Waals surface area contributed by atoms with E-state index in [1.54, 1.807) is 12.1 Å². The van der Waals surface area contributed by atoms with Gasteiger partial charge in [0.2, 0.25) is 0 Å². The van der Waals surface area contributed by atoms with Gasteiger partial charge in [-0.1, -0.05) is 30.3 Å². The molecular weight excluding hydrogens is 296 g/mol. The van der Waals surface area contributed by atoms with E-state index < -0.39 is 12.6 Å². The summed E-state index contributed by atoms with van der Waals surface area (Å²) < 4.78 is 11.0. The molecule has 0 fully saturated rings. The average Bonchev–Trinajstić information content (AvgIpc) is 2.53. The van der Waals surface area contributed by atoms with Crippen molar-refractivity contribution in [2.45, 2.75) is 20.0 Å². The van der Waals surface area contributed by atoms with Crippen molar-refractivity contribution in [3.8, 4) is 11.5 Å². The Morgan fingerprint density at radius 1 is 1.09 bits per heavy atom. The standard InChI is InChI=1S/C18H18O5/c1-12(19)15-8-16(22-11-18(20)21)10-17(9-15)23-13(2)14-6-4-3-5-7-14/h3-10,13H,11H2,1-2H3,(H,20,21). The fourth-order valence-electron chi connectivity index (χ4n) is 2.07. The van der Waals surface area contributed by atoms with Gasteiger partial charge in [0.25, 0.3) is 0 Å². The van der Waals surface area contributed by atoms with Crippen LogP contribution in [-0.4, -0.2) is 23.5 Å². The zero-order valence-electron chi connectivity index (χ0n) is 13.0. The largest absolute Gasteiger partial charge is 0.486 e. The Kier molecular flexibility index (Phi) is 5.36. The first kappa shape index (κ1) is 16.5. The Labute approximate surface area is 134 Å². The number of ether oxygens (including phenoxy) is 2. The van der Waals surface area contributed by atoms with E-state index in [4.69, 9.17) is 14.6 Å². The van der Waals surface area contributed by atoms with Crippen LogP contribution in [0, 0.1) is 0 Å². The maximum absolute atomic E-state index is 11.6. The van der Waals surface area contributed by atoms with Gasteiger partial charge in [0.05, 0.1) is 0 Å². The minimum atomic E-state index is -1.08. The lowest BCUT2D eigenvalue weighted by molar-refractivity contribution is -0.139. The predicted octanol–water partition coefficient (Wildman–Crippen LogP) is 3.49. The van der Waals surface area contributed by atoms with Crippen LogP contribution in [0.3, 0.4) is 0 Å². The molecule has 0 saturated carbocycles. The van der Waals surface area contributed by atoms with Gasteiger partial charge in [0.15, 0.2) is 12.4 Å². The summed E-state index contributed by atoms with van der Waals surface area (Å²) in [4.78, 5) is 22.2. The number of ketones is 1. The number of rotatable bonds is 7. The van der Waals surface area contributed by atoms with Gasteiger partial charge >= 0.3 is 5.97 Å². The molecule has 0 aliphatic rings. The maximum atomic E-state index is 11.6. The first-order valence-electron chi connectivity index (χ1n) is 7.18. The summed E-state index contributed by atoms with van der Waals surface area (Å²) in [5.41, 5.74) is 1.40. The molecule has 120 valence electrons. The summed E-state index contributed by atoms with van der Waals surface area (Å²) in [6, 6.07) is 14.4. The molecule has 2 aromatic carbocycles. The summed E-state index contributed by atoms with van der Waals surface area (Å²) in [6.07, 6.45) is -0.217. The zero-order chi connectivity index (χ0) is 16.8. The highest BCUT2D eigenvalue weighted by Gasteiger charge is 2.11. The van der Waals surface area contributed by atoms with E-state index >= 15 is 0 Å². The molecule has 0 aliphatic heterocycles. The van der Waals surface area contributed by atoms with Crippen molar-refractivity contribution >= 4 is 11.8 Å². The Bertz CT molecular complexity index is 694. The summed E-state index contributed by atoms with van der Waals surface area (Å²) in [5, 5.41) is 8.69. The van der Waals surface area contributed by atoms with Crippen molar-refractivity contribution in [3.63, 3.8) is 0 Å². The molecule has 0 bridgehead atoms. The van der Waals surface area contributed by atoms with Gasteiger partial charge in [0.1, 0.15) is 17.6 Å². The third-order valence-electron chi connectivity index (χ3n) is 3.23. The van der Waals surface area contributed by atoms with Crippen molar-refractivity contribution in [3.05, 3.63) is 59.7 Å². The number of carboxylic acid groups (broad SMARTS) is 1. The van der Waals surface area contributed by atoms with E-state index in [2.05, 4.69) is 0 Å². The van der Waals surface area contributed by atoms with Gasteiger partial charge in [-0.15, -0.1) is 0 Å². The van der Waals surface area contributed by atoms with E-state index in [1.807, 2.05) is 37.3 Å². The number of hydrogen-bond donors (Lipinski definition) is 1. The molecule has 0 amide bonds. The maximum Gasteiger partial charge on any atom is 0.341 e. The van der Waals surface area contributed by atoms with Crippen LogP contribution in [0.1, 0.15) is 35.9 Å². The number of carbonyl (C=O) groups excluding carboxylic acids is 1. The van der Waals surface area contributed by atoms with Gasteiger partial charge in [-0.2, -0.15) is 0 Å². The minimum absolute atomic E-state index is 0.150. The summed E-state index contributed by atoms with van der Waals surface area (Å²) in [5.74, 6) is -0.494. The molecule has 1 N–H and O–H groups in total. The molecule has 0 radical (unpaired) electrons. The van der Waals surface area contributed by atoms with Gasteiger partial charge in [-0.05, 0) is 31.5 Å². The smallest absolute Gasteiger partial charge is 0.341 e. The molecule has 0 heterocycles. The van der Waals surface area contributed by atoms with E-state index in [9.17, 15) is 9.59 Å². The van der Waals surface area contributed by atoms with Crippen LogP contribution in [0.4, 0.5) is 0 Å². The first-order chi connectivity index (χ1) is 11.0. The van der Waals surface area contributed by atoms with E-state index in [0.29, 0.717) is 11.3 Å². The highest BCUT2D eigenvalue weighted by Crippen LogP contribution is 2.27. The molecule has 0 aromatic heterocycles. The lowest BCUT2D eigenvalue weighted by Crippen LogP contribution is -2.10. The highest BCUT2D eigenvalue weighted by molar-refractivity contribution is 5.94. The third-order valence-corrected chi connectivity index (χ3v) is 3.23. The fourth-order valence-corrected chi connectivity index (χ4v) is 2.07.